The molecule has 6 N–H and O–H groups in total. The molecule has 0 bridgehead atoms. The normalized spacial score (nSPS) is 22.6. The monoisotopic (exact) mass is 1400 g/mol. The molecule has 2 aliphatic carbocycles. The van der Waals surface area contributed by atoms with E-state index in [1.165, 1.54) is 64.0 Å². The zero-order chi connectivity index (χ0) is 71.9. The van der Waals surface area contributed by atoms with E-state index in [0.717, 1.165) is 95.7 Å². The van der Waals surface area contributed by atoms with Crippen molar-refractivity contribution < 1.29 is 91.7 Å². The number of aliphatic carboxylic acids is 2. The molecule has 0 spiro atoms. The molecule has 2 amide bonds. The van der Waals surface area contributed by atoms with E-state index in [2.05, 4.69) is 65.9 Å². The smallest absolute Gasteiger partial charge is 0.430 e. The van der Waals surface area contributed by atoms with Crippen molar-refractivity contribution in [1.82, 2.24) is 50.0 Å². The largest absolute Gasteiger partial charge is 0.542 e. The summed E-state index contributed by atoms with van der Waals surface area (Å²) in [5.41, 5.74) is 6.51. The number of carboxylic acids is 2. The molecule has 8 heterocycles. The SMILES string of the molecule is CCc1cc(Nc2nccn3c(-c4ccc(OC)c(F)c4F)cnc23)ccc1C(=O)NC1[C@H]2C[N+](C)(CC3CNC3)C[C@@H]12.CCc1cc(Nc2nccn3c(-c4ccc(OC)c(F)c4F)cnc23)ccc1C(=O)NC1[C@H]2C[N+](C)(CC3CNC3)C[C@@H]12.O=C([O-])C(F)(F)F.O=C([O-])C(F)(F)F. The number of likely N-dealkylation sites (tertiary alicyclic amines) is 2. The number of hydrogen-bond donors (Lipinski definition) is 6. The molecule has 32 heteroatoms. The number of nitrogens with zero attached hydrogens (tertiary/aromatic N) is 8. The van der Waals surface area contributed by atoms with Crippen LogP contribution in [0.2, 0.25) is 0 Å². The van der Waals surface area contributed by atoms with Crippen molar-refractivity contribution >= 4 is 58.1 Å². The number of carbonyl (C=O) groups excluding carboxylic acids is 4. The van der Waals surface area contributed by atoms with Crippen LogP contribution in [0.15, 0.2) is 97.8 Å². The van der Waals surface area contributed by atoms with E-state index in [-0.39, 0.29) is 46.5 Å². The lowest BCUT2D eigenvalue weighted by Crippen LogP contribution is -2.56. The molecular weight excluding hydrogens is 1330 g/mol. The molecule has 2 saturated carbocycles. The molecule has 8 aromatic rings. The summed E-state index contributed by atoms with van der Waals surface area (Å²) in [7, 11) is 7.31. The molecule has 100 heavy (non-hydrogen) atoms. The van der Waals surface area contributed by atoms with Gasteiger partial charge in [0.2, 0.25) is 11.6 Å². The highest BCUT2D eigenvalue weighted by molar-refractivity contribution is 5.97. The predicted octanol–water partition coefficient (Wildman–Crippen LogP) is 6.62. The summed E-state index contributed by atoms with van der Waals surface area (Å²) in [6.45, 7) is 15.6. The topological polar surface area (TPSA) is 265 Å². The zero-order valence-corrected chi connectivity index (χ0v) is 55.0. The number of amides is 2. The number of hydrogen-bond acceptors (Lipinski definition) is 16. The van der Waals surface area contributed by atoms with Crippen LogP contribution in [-0.4, -0.2) is 180 Å². The number of imidazole rings is 2. The Morgan fingerprint density at radius 2 is 0.900 bits per heavy atom. The number of benzene rings is 4. The van der Waals surface area contributed by atoms with Gasteiger partial charge in [0, 0.05) is 132 Å². The molecule has 4 aliphatic heterocycles. The van der Waals surface area contributed by atoms with Gasteiger partial charge < -0.3 is 70.1 Å². The van der Waals surface area contributed by atoms with Crippen molar-refractivity contribution in [2.75, 3.05) is 104 Å². The lowest BCUT2D eigenvalue weighted by Gasteiger charge is -2.39. The molecule has 14 rings (SSSR count). The molecule has 6 fully saturated rings. The number of ether oxygens (including phenoxy) is 2. The van der Waals surface area contributed by atoms with E-state index in [9.17, 15) is 53.5 Å². The van der Waals surface area contributed by atoms with Crippen LogP contribution in [0.1, 0.15) is 45.7 Å². The van der Waals surface area contributed by atoms with E-state index >= 15 is 0 Å². The summed E-state index contributed by atoms with van der Waals surface area (Å²) in [4.78, 5) is 62.0. The maximum atomic E-state index is 14.9. The fraction of sp³-hybridized carbons (Fsp3) is 0.412. The predicted molar refractivity (Wildman–Crippen MR) is 341 cm³/mol. The second kappa shape index (κ2) is 28.5. The van der Waals surface area contributed by atoms with Crippen molar-refractivity contribution in [3.05, 3.63) is 143 Å². The minimum atomic E-state index is -5.19. The summed E-state index contributed by atoms with van der Waals surface area (Å²) in [5, 5.41) is 37.5. The zero-order valence-electron chi connectivity index (χ0n) is 55.0. The van der Waals surface area contributed by atoms with E-state index in [0.29, 0.717) is 82.0 Å². The van der Waals surface area contributed by atoms with Gasteiger partial charge in [0.1, 0.15) is 11.9 Å². The van der Waals surface area contributed by atoms with Gasteiger partial charge in [-0.3, -0.25) is 18.4 Å². The van der Waals surface area contributed by atoms with E-state index < -0.39 is 47.6 Å². The molecule has 22 nitrogen and oxygen atoms in total. The summed E-state index contributed by atoms with van der Waals surface area (Å²) in [6.07, 6.45) is 0.387. The molecule has 0 radical (unpaired) electrons. The highest BCUT2D eigenvalue weighted by Crippen LogP contribution is 2.50. The van der Waals surface area contributed by atoms with Gasteiger partial charge in [-0.05, 0) is 84.6 Å². The Bertz CT molecular complexity index is 4110. The van der Waals surface area contributed by atoms with Gasteiger partial charge in [-0.25, -0.2) is 28.7 Å². The number of aromatic nitrogens is 6. The van der Waals surface area contributed by atoms with Gasteiger partial charge in [0.25, 0.3) is 11.8 Å². The molecule has 4 aromatic heterocycles. The Morgan fingerprint density at radius 1 is 0.550 bits per heavy atom. The standard InChI is InChI=1S/2C32H35F2N7O2.2C2HF3O2/c2*1-4-19-11-20(5-6-21(19)32(42)39-29-23-16-41(2,17-24(23)29)15-18-12-35-13-18)38-30-31-37-14-25(40(31)10-9-36-30)22-7-8-26(43-3)28(34)27(22)33;2*3-2(4,5)1(6)7/h2*5-11,14,18,23-24,29,35H,4,12-13,15-17H2,1-3H3,(H-,36,38,39,42);2*(H,6,7)/t2*23-,24+,29?,41?;;. The van der Waals surface area contributed by atoms with Gasteiger partial charge in [0.15, 0.2) is 46.1 Å². The maximum absolute atomic E-state index is 14.9. The first-order chi connectivity index (χ1) is 47.4. The lowest BCUT2D eigenvalue weighted by atomic mass is 10.0. The minimum Gasteiger partial charge on any atom is -0.542 e. The van der Waals surface area contributed by atoms with Crippen molar-refractivity contribution in [3.63, 3.8) is 0 Å². The van der Waals surface area contributed by atoms with Gasteiger partial charge >= 0.3 is 12.4 Å². The van der Waals surface area contributed by atoms with Crippen LogP contribution >= 0.6 is 0 Å². The molecule has 4 aromatic carbocycles. The molecular formula is C68H72F10N14O8. The van der Waals surface area contributed by atoms with Crippen LogP contribution in [0.25, 0.3) is 33.8 Å². The number of piperidine rings is 2. The number of nitrogens with one attached hydrogen (secondary N) is 6. The number of methoxy groups -OCH3 is 2. The van der Waals surface area contributed by atoms with Crippen LogP contribution in [-0.2, 0) is 22.4 Å². The summed E-state index contributed by atoms with van der Waals surface area (Å²) in [6, 6.07) is 17.6. The van der Waals surface area contributed by atoms with Crippen molar-refractivity contribution in [2.45, 2.75) is 51.1 Å². The molecule has 4 saturated heterocycles. The van der Waals surface area contributed by atoms with Crippen LogP contribution in [0, 0.1) is 58.8 Å². The Labute approximate surface area is 566 Å². The number of alkyl halides is 6. The Kier molecular flexibility index (Phi) is 20.4. The fourth-order valence-electron chi connectivity index (χ4n) is 14.3. The number of aryl methyl sites for hydroxylation is 2. The second-order valence-corrected chi connectivity index (χ2v) is 26.4. The van der Waals surface area contributed by atoms with Gasteiger partial charge in [-0.1, -0.05) is 13.8 Å². The van der Waals surface area contributed by atoms with Gasteiger partial charge in [0.05, 0.1) is 91.4 Å². The fourth-order valence-corrected chi connectivity index (χ4v) is 14.3. The first kappa shape index (κ1) is 71.6. The minimum absolute atomic E-state index is 0.0212. The summed E-state index contributed by atoms with van der Waals surface area (Å²) in [5.74, 6) is -5.76. The third-order valence-corrected chi connectivity index (χ3v) is 19.4. The van der Waals surface area contributed by atoms with Crippen molar-refractivity contribution in [1.29, 1.82) is 0 Å². The second-order valence-electron chi connectivity index (χ2n) is 26.4. The highest BCUT2D eigenvalue weighted by Gasteiger charge is 2.64. The third-order valence-electron chi connectivity index (χ3n) is 19.4. The summed E-state index contributed by atoms with van der Waals surface area (Å²) < 4.78 is 137. The van der Waals surface area contributed by atoms with Gasteiger partial charge in [-0.15, -0.1) is 0 Å². The van der Waals surface area contributed by atoms with Gasteiger partial charge in [-0.2, -0.15) is 35.1 Å². The highest BCUT2D eigenvalue weighted by atomic mass is 19.4. The first-order valence-electron chi connectivity index (χ1n) is 32.2. The Hall–Kier alpha value is -9.66. The number of rotatable bonds is 18. The van der Waals surface area contributed by atoms with Crippen molar-refractivity contribution in [2.24, 2.45) is 35.5 Å². The third kappa shape index (κ3) is 15.2. The Balaban J connectivity index is 0.000000169. The molecule has 6 aliphatic rings. The quantitative estimate of drug-likeness (QED) is 0.0389. The Morgan fingerprint density at radius 3 is 1.20 bits per heavy atom. The first-order valence-corrected chi connectivity index (χ1v) is 32.2. The maximum Gasteiger partial charge on any atom is 0.430 e. The van der Waals surface area contributed by atoms with Crippen LogP contribution in [0.4, 0.5) is 66.9 Å². The average Bonchev–Trinajstić information content (AvgIpc) is 1.57. The van der Waals surface area contributed by atoms with E-state index in [4.69, 9.17) is 29.3 Å². The number of carbonyl (C=O) groups is 4. The van der Waals surface area contributed by atoms with Crippen LogP contribution < -0.4 is 51.6 Å². The molecule has 8 atom stereocenters. The number of quaternary nitrogens is 2. The van der Waals surface area contributed by atoms with Crippen LogP contribution in [0.3, 0.4) is 0 Å². The number of halogens is 10. The van der Waals surface area contributed by atoms with E-state index in [1.54, 1.807) is 33.6 Å². The number of carboxylic acid groups (broad SMARTS) is 2. The molecule has 4 unspecified atom stereocenters. The number of fused-ring (bicyclic) bond motifs is 4. The van der Waals surface area contributed by atoms with Crippen molar-refractivity contribution in [3.8, 4) is 34.0 Å². The average molecular weight is 1400 g/mol. The lowest BCUT2D eigenvalue weighted by molar-refractivity contribution is -0.906. The molecule has 532 valence electrons. The van der Waals surface area contributed by atoms with E-state index in [1.807, 2.05) is 50.2 Å². The van der Waals surface area contributed by atoms with Crippen LogP contribution in [0.5, 0.6) is 11.5 Å². The summed E-state index contributed by atoms with van der Waals surface area (Å²) >= 11 is 0. The number of anilines is 4.